The second-order valence-corrected chi connectivity index (χ2v) is 4.31. The van der Waals surface area contributed by atoms with Crippen molar-refractivity contribution in [1.29, 1.82) is 0 Å². The van der Waals surface area contributed by atoms with Gasteiger partial charge in [-0.25, -0.2) is 0 Å². The van der Waals surface area contributed by atoms with E-state index >= 15 is 0 Å². The van der Waals surface area contributed by atoms with E-state index in [4.69, 9.17) is 23.7 Å². The van der Waals surface area contributed by atoms with Crippen molar-refractivity contribution in [3.05, 3.63) is 17.7 Å². The zero-order chi connectivity index (χ0) is 15.4. The molecule has 1 aromatic rings. The third-order valence-corrected chi connectivity index (χ3v) is 2.66. The van der Waals surface area contributed by atoms with Crippen molar-refractivity contribution < 1.29 is 33.3 Å². The summed E-state index contributed by atoms with van der Waals surface area (Å²) >= 11 is 0. The number of esters is 2. The molecule has 7 nitrogen and oxygen atoms in total. The SMILES string of the molecule is COc1cc(C2OCCO2)cc(OC(C)=O)c1OC(C)=O. The highest BCUT2D eigenvalue weighted by Gasteiger charge is 2.24. The molecule has 1 saturated heterocycles. The van der Waals surface area contributed by atoms with E-state index in [1.165, 1.54) is 27.0 Å². The number of benzene rings is 1. The summed E-state index contributed by atoms with van der Waals surface area (Å²) in [6, 6.07) is 3.14. The Morgan fingerprint density at radius 1 is 1.05 bits per heavy atom. The minimum atomic E-state index is -0.570. The topological polar surface area (TPSA) is 80.3 Å². The number of hydrogen-bond donors (Lipinski definition) is 0. The molecule has 7 heteroatoms. The smallest absolute Gasteiger partial charge is 0.308 e. The summed E-state index contributed by atoms with van der Waals surface area (Å²) in [5.41, 5.74) is 0.608. The summed E-state index contributed by atoms with van der Waals surface area (Å²) < 4.78 is 26.1. The number of carbonyl (C=O) groups is 2. The van der Waals surface area contributed by atoms with E-state index in [-0.39, 0.29) is 17.2 Å². The summed E-state index contributed by atoms with van der Waals surface area (Å²) in [6.45, 7) is 3.44. The number of hydrogen-bond acceptors (Lipinski definition) is 7. The Labute approximate surface area is 121 Å². The van der Waals surface area contributed by atoms with Crippen LogP contribution in [0.3, 0.4) is 0 Å². The zero-order valence-corrected chi connectivity index (χ0v) is 12.0. The Morgan fingerprint density at radius 3 is 2.14 bits per heavy atom. The van der Waals surface area contributed by atoms with E-state index in [1.54, 1.807) is 6.07 Å². The summed E-state index contributed by atoms with van der Waals surface area (Å²) in [6.07, 6.45) is -0.570. The normalized spacial score (nSPS) is 14.8. The van der Waals surface area contributed by atoms with Crippen LogP contribution >= 0.6 is 0 Å². The van der Waals surface area contributed by atoms with Crippen LogP contribution in [0.2, 0.25) is 0 Å². The lowest BCUT2D eigenvalue weighted by Crippen LogP contribution is -2.10. The van der Waals surface area contributed by atoms with Gasteiger partial charge < -0.3 is 23.7 Å². The van der Waals surface area contributed by atoms with Gasteiger partial charge >= 0.3 is 11.9 Å². The molecule has 0 saturated carbocycles. The lowest BCUT2D eigenvalue weighted by Gasteiger charge is -2.16. The van der Waals surface area contributed by atoms with E-state index in [2.05, 4.69) is 0 Å². The van der Waals surface area contributed by atoms with Crippen LogP contribution in [0.25, 0.3) is 0 Å². The highest BCUT2D eigenvalue weighted by Crippen LogP contribution is 2.41. The third-order valence-electron chi connectivity index (χ3n) is 2.66. The monoisotopic (exact) mass is 296 g/mol. The molecule has 0 N–H and O–H groups in total. The van der Waals surface area contributed by atoms with Crippen LogP contribution in [-0.4, -0.2) is 32.3 Å². The molecule has 114 valence electrons. The summed E-state index contributed by atoms with van der Waals surface area (Å²) in [5, 5.41) is 0. The molecule has 0 bridgehead atoms. The highest BCUT2D eigenvalue weighted by molar-refractivity contribution is 5.75. The van der Waals surface area contributed by atoms with Crippen LogP contribution < -0.4 is 14.2 Å². The average molecular weight is 296 g/mol. The zero-order valence-electron chi connectivity index (χ0n) is 12.0. The molecule has 0 atom stereocenters. The van der Waals surface area contributed by atoms with Crippen molar-refractivity contribution in [2.45, 2.75) is 20.1 Å². The predicted octanol–water partition coefficient (Wildman–Crippen LogP) is 1.59. The highest BCUT2D eigenvalue weighted by atomic mass is 16.7. The first kappa shape index (κ1) is 15.3. The van der Waals surface area contributed by atoms with Gasteiger partial charge in [-0.05, 0) is 12.1 Å². The van der Waals surface area contributed by atoms with Crippen molar-refractivity contribution in [1.82, 2.24) is 0 Å². The number of methoxy groups -OCH3 is 1. The molecule has 0 spiro atoms. The molecule has 1 aliphatic rings. The van der Waals surface area contributed by atoms with Gasteiger partial charge in [-0.1, -0.05) is 0 Å². The van der Waals surface area contributed by atoms with Gasteiger partial charge in [0.1, 0.15) is 0 Å². The Balaban J connectivity index is 2.46. The van der Waals surface area contributed by atoms with E-state index in [9.17, 15) is 9.59 Å². The van der Waals surface area contributed by atoms with Gasteiger partial charge in [0.25, 0.3) is 0 Å². The first-order chi connectivity index (χ1) is 10.0. The van der Waals surface area contributed by atoms with Crippen LogP contribution in [0.4, 0.5) is 0 Å². The standard InChI is InChI=1S/C14H16O7/c1-8(15)20-12-7-10(14-18-4-5-19-14)6-11(17-3)13(12)21-9(2)16/h6-7,14H,4-5H2,1-3H3. The van der Waals surface area contributed by atoms with Crippen LogP contribution in [0.1, 0.15) is 25.7 Å². The fourth-order valence-electron chi connectivity index (χ4n) is 1.91. The predicted molar refractivity (Wildman–Crippen MR) is 70.3 cm³/mol. The van der Waals surface area contributed by atoms with Crippen molar-refractivity contribution in [2.75, 3.05) is 20.3 Å². The molecule has 0 unspecified atom stereocenters. The third kappa shape index (κ3) is 3.71. The molecule has 0 radical (unpaired) electrons. The maximum absolute atomic E-state index is 11.2. The maximum atomic E-state index is 11.2. The first-order valence-corrected chi connectivity index (χ1v) is 6.33. The largest absolute Gasteiger partial charge is 0.493 e. The molecule has 0 aromatic heterocycles. The van der Waals surface area contributed by atoms with Gasteiger partial charge in [0, 0.05) is 19.4 Å². The van der Waals surface area contributed by atoms with E-state index < -0.39 is 18.2 Å². The molecule has 0 aliphatic carbocycles. The number of rotatable bonds is 4. The lowest BCUT2D eigenvalue weighted by atomic mass is 10.1. The quantitative estimate of drug-likeness (QED) is 0.616. The van der Waals surface area contributed by atoms with Crippen molar-refractivity contribution >= 4 is 11.9 Å². The minimum absolute atomic E-state index is 0.0435. The van der Waals surface area contributed by atoms with Crippen molar-refractivity contribution in [3.63, 3.8) is 0 Å². The first-order valence-electron chi connectivity index (χ1n) is 6.33. The van der Waals surface area contributed by atoms with Gasteiger partial charge in [0.2, 0.25) is 5.75 Å². The average Bonchev–Trinajstić information content (AvgIpc) is 2.93. The maximum Gasteiger partial charge on any atom is 0.308 e. The Bertz CT molecular complexity index is 546. The van der Waals surface area contributed by atoms with Gasteiger partial charge in [-0.15, -0.1) is 0 Å². The van der Waals surface area contributed by atoms with E-state index in [1.807, 2.05) is 0 Å². The summed E-state index contributed by atoms with van der Waals surface area (Å²) in [4.78, 5) is 22.4. The number of ether oxygens (including phenoxy) is 5. The Morgan fingerprint density at radius 2 is 1.62 bits per heavy atom. The fraction of sp³-hybridized carbons (Fsp3) is 0.429. The van der Waals surface area contributed by atoms with Crippen LogP contribution in [0.15, 0.2) is 12.1 Å². The van der Waals surface area contributed by atoms with Crippen molar-refractivity contribution in [2.24, 2.45) is 0 Å². The molecule has 1 aliphatic heterocycles. The van der Waals surface area contributed by atoms with Crippen LogP contribution in [-0.2, 0) is 19.1 Å². The van der Waals surface area contributed by atoms with Gasteiger partial charge in [0.15, 0.2) is 17.8 Å². The van der Waals surface area contributed by atoms with Crippen LogP contribution in [0, 0.1) is 0 Å². The van der Waals surface area contributed by atoms with Gasteiger partial charge in [-0.2, -0.15) is 0 Å². The second kappa shape index (κ2) is 6.55. The molecular formula is C14H16O7. The summed E-state index contributed by atoms with van der Waals surface area (Å²) in [7, 11) is 1.42. The molecule has 1 aromatic carbocycles. The van der Waals surface area contributed by atoms with E-state index in [0.29, 0.717) is 18.8 Å². The van der Waals surface area contributed by atoms with Gasteiger partial charge in [0.05, 0.1) is 20.3 Å². The van der Waals surface area contributed by atoms with Crippen molar-refractivity contribution in [3.8, 4) is 17.2 Å². The molecular weight excluding hydrogens is 280 g/mol. The van der Waals surface area contributed by atoms with Crippen LogP contribution in [0.5, 0.6) is 17.2 Å². The minimum Gasteiger partial charge on any atom is -0.493 e. The second-order valence-electron chi connectivity index (χ2n) is 4.31. The van der Waals surface area contributed by atoms with Gasteiger partial charge in [-0.3, -0.25) is 9.59 Å². The Kier molecular flexibility index (Phi) is 4.77. The molecule has 21 heavy (non-hydrogen) atoms. The molecule has 0 amide bonds. The Hall–Kier alpha value is -2.12. The fourth-order valence-corrected chi connectivity index (χ4v) is 1.91. The number of carbonyl (C=O) groups excluding carboxylic acids is 2. The molecule has 1 fully saturated rings. The molecule has 2 rings (SSSR count). The summed E-state index contributed by atoms with van der Waals surface area (Å²) in [5.74, 6) is -0.732. The molecule has 1 heterocycles. The van der Waals surface area contributed by atoms with E-state index in [0.717, 1.165) is 0 Å². The lowest BCUT2D eigenvalue weighted by molar-refractivity contribution is -0.134.